The third-order valence-electron chi connectivity index (χ3n) is 3.72. The Morgan fingerprint density at radius 1 is 1.47 bits per heavy atom. The third-order valence-corrected chi connectivity index (χ3v) is 3.72. The summed E-state index contributed by atoms with van der Waals surface area (Å²) in [4.78, 5) is 25.2. The van der Waals surface area contributed by atoms with E-state index in [4.69, 9.17) is 0 Å². The summed E-state index contributed by atoms with van der Waals surface area (Å²) in [6, 6.07) is 0.126. The van der Waals surface area contributed by atoms with Crippen LogP contribution in [-0.2, 0) is 9.59 Å². The van der Waals surface area contributed by atoms with Gasteiger partial charge in [-0.2, -0.15) is 0 Å². The quantitative estimate of drug-likeness (QED) is 0.705. The van der Waals surface area contributed by atoms with Crippen molar-refractivity contribution >= 4 is 11.8 Å². The van der Waals surface area contributed by atoms with Gasteiger partial charge in [-0.3, -0.25) is 9.59 Å². The highest BCUT2D eigenvalue weighted by Gasteiger charge is 2.41. The normalized spacial score (nSPS) is 32.8. The minimum Gasteiger partial charge on any atom is -0.352 e. The maximum atomic E-state index is 12.4. The van der Waals surface area contributed by atoms with Gasteiger partial charge in [-0.15, -0.1) is 0 Å². The number of likely N-dealkylation sites (tertiary alicyclic amines) is 1. The fraction of sp³-hybridized carbons (Fsp3) is 0.833. The van der Waals surface area contributed by atoms with Gasteiger partial charge in [-0.25, -0.2) is 0 Å². The second-order valence-corrected chi connectivity index (χ2v) is 5.30. The fourth-order valence-corrected chi connectivity index (χ4v) is 2.78. The van der Waals surface area contributed by atoms with Gasteiger partial charge in [-0.1, -0.05) is 0 Å². The highest BCUT2D eigenvalue weighted by atomic mass is 16.2. The van der Waals surface area contributed by atoms with Gasteiger partial charge in [0.05, 0.1) is 5.54 Å². The Bertz CT molecular complexity index is 324. The van der Waals surface area contributed by atoms with Gasteiger partial charge >= 0.3 is 0 Å². The average Bonchev–Trinajstić information content (AvgIpc) is 2.86. The molecule has 0 bridgehead atoms. The van der Waals surface area contributed by atoms with Crippen LogP contribution in [0.25, 0.3) is 0 Å². The topological polar surface area (TPSA) is 61.4 Å². The molecule has 0 saturated carbocycles. The molecule has 2 rings (SSSR count). The van der Waals surface area contributed by atoms with Crippen molar-refractivity contribution < 1.29 is 9.59 Å². The second kappa shape index (κ2) is 4.64. The van der Waals surface area contributed by atoms with E-state index in [0.29, 0.717) is 6.54 Å². The first kappa shape index (κ1) is 12.4. The Hall–Kier alpha value is -1.10. The molecule has 5 nitrogen and oxygen atoms in total. The molecule has 2 heterocycles. The van der Waals surface area contributed by atoms with Crippen molar-refractivity contribution in [2.75, 3.05) is 19.6 Å². The smallest absolute Gasteiger partial charge is 0.242 e. The number of nitrogens with zero attached hydrogens (tertiary/aromatic N) is 1. The summed E-state index contributed by atoms with van der Waals surface area (Å²) in [7, 11) is 0. The maximum Gasteiger partial charge on any atom is 0.242 e. The van der Waals surface area contributed by atoms with Gasteiger partial charge in [-0.05, 0) is 32.7 Å². The predicted octanol–water partition coefficient (Wildman–Crippen LogP) is -0.134. The van der Waals surface area contributed by atoms with Gasteiger partial charge in [0.1, 0.15) is 0 Å². The van der Waals surface area contributed by atoms with E-state index in [2.05, 4.69) is 10.6 Å². The van der Waals surface area contributed by atoms with Gasteiger partial charge in [0, 0.05) is 26.1 Å². The lowest BCUT2D eigenvalue weighted by Gasteiger charge is -2.29. The molecule has 0 aliphatic carbocycles. The van der Waals surface area contributed by atoms with Crippen molar-refractivity contribution in [1.82, 2.24) is 15.5 Å². The molecule has 0 radical (unpaired) electrons. The summed E-state index contributed by atoms with van der Waals surface area (Å²) >= 11 is 0. The van der Waals surface area contributed by atoms with Crippen molar-refractivity contribution in [1.29, 1.82) is 0 Å². The predicted molar refractivity (Wildman–Crippen MR) is 64.4 cm³/mol. The average molecular weight is 239 g/mol. The molecule has 2 amide bonds. The van der Waals surface area contributed by atoms with E-state index in [1.807, 2.05) is 11.8 Å². The van der Waals surface area contributed by atoms with Crippen LogP contribution in [0, 0.1) is 0 Å². The van der Waals surface area contributed by atoms with E-state index < -0.39 is 0 Å². The number of carbonyl (C=O) groups excluding carboxylic acids is 2. The number of rotatable bonds is 2. The van der Waals surface area contributed by atoms with Crippen LogP contribution in [0.3, 0.4) is 0 Å². The zero-order valence-electron chi connectivity index (χ0n) is 10.6. The molecule has 0 spiro atoms. The minimum atomic E-state index is -0.384. The van der Waals surface area contributed by atoms with Crippen molar-refractivity contribution in [3.8, 4) is 0 Å². The molecule has 2 N–H and O–H groups in total. The molecular weight excluding hydrogens is 218 g/mol. The highest BCUT2D eigenvalue weighted by Crippen LogP contribution is 2.23. The second-order valence-electron chi connectivity index (χ2n) is 5.30. The number of amides is 2. The number of hydrogen-bond acceptors (Lipinski definition) is 3. The lowest BCUT2D eigenvalue weighted by Crippen LogP contribution is -2.52. The first-order valence-corrected chi connectivity index (χ1v) is 6.33. The molecule has 2 aliphatic heterocycles. The molecule has 0 aromatic heterocycles. The summed E-state index contributed by atoms with van der Waals surface area (Å²) in [5.41, 5.74) is -0.384. The van der Waals surface area contributed by atoms with E-state index in [1.165, 1.54) is 6.92 Å². The zero-order chi connectivity index (χ0) is 12.5. The minimum absolute atomic E-state index is 0.0190. The van der Waals surface area contributed by atoms with Crippen molar-refractivity contribution in [3.05, 3.63) is 0 Å². The van der Waals surface area contributed by atoms with Crippen LogP contribution in [0.15, 0.2) is 0 Å². The standard InChI is InChI=1S/C12H21N3O2/c1-9(16)14-10-4-7-15(8-10)11(17)12(2)5-3-6-13-12/h10,13H,3-8H2,1-2H3,(H,14,16). The Morgan fingerprint density at radius 3 is 2.82 bits per heavy atom. The molecule has 5 heteroatoms. The van der Waals surface area contributed by atoms with Crippen molar-refractivity contribution in [2.24, 2.45) is 0 Å². The summed E-state index contributed by atoms with van der Waals surface area (Å²) < 4.78 is 0. The Labute approximate surface area is 102 Å². The monoisotopic (exact) mass is 239 g/mol. The van der Waals surface area contributed by atoms with Crippen LogP contribution in [0.2, 0.25) is 0 Å². The van der Waals surface area contributed by atoms with Crippen LogP contribution < -0.4 is 10.6 Å². The third kappa shape index (κ3) is 2.60. The Morgan fingerprint density at radius 2 is 2.24 bits per heavy atom. The summed E-state index contributed by atoms with van der Waals surface area (Å²) in [6.45, 7) is 5.82. The number of hydrogen-bond donors (Lipinski definition) is 2. The molecule has 0 aromatic carbocycles. The first-order valence-electron chi connectivity index (χ1n) is 6.33. The first-order chi connectivity index (χ1) is 8.01. The van der Waals surface area contributed by atoms with Crippen molar-refractivity contribution in [3.63, 3.8) is 0 Å². The van der Waals surface area contributed by atoms with Gasteiger partial charge in [0.2, 0.25) is 11.8 Å². The lowest BCUT2D eigenvalue weighted by molar-refractivity contribution is -0.136. The fourth-order valence-electron chi connectivity index (χ4n) is 2.78. The molecule has 96 valence electrons. The van der Waals surface area contributed by atoms with Gasteiger partial charge < -0.3 is 15.5 Å². The molecule has 2 saturated heterocycles. The van der Waals surface area contributed by atoms with Crippen LogP contribution in [0.1, 0.15) is 33.1 Å². The number of nitrogens with one attached hydrogen (secondary N) is 2. The van der Waals surface area contributed by atoms with E-state index >= 15 is 0 Å². The summed E-state index contributed by atoms with van der Waals surface area (Å²) in [6.07, 6.45) is 2.83. The van der Waals surface area contributed by atoms with Crippen LogP contribution in [0.4, 0.5) is 0 Å². The molecule has 2 atom stereocenters. The SMILES string of the molecule is CC(=O)NC1CCN(C(=O)C2(C)CCCN2)C1. The highest BCUT2D eigenvalue weighted by molar-refractivity contribution is 5.86. The molecule has 2 unspecified atom stereocenters. The lowest BCUT2D eigenvalue weighted by atomic mass is 9.99. The molecule has 17 heavy (non-hydrogen) atoms. The summed E-state index contributed by atoms with van der Waals surface area (Å²) in [5, 5.41) is 6.16. The molecule has 0 aromatic rings. The van der Waals surface area contributed by atoms with E-state index in [-0.39, 0.29) is 23.4 Å². The largest absolute Gasteiger partial charge is 0.352 e. The van der Waals surface area contributed by atoms with E-state index in [0.717, 1.165) is 32.4 Å². The zero-order valence-corrected chi connectivity index (χ0v) is 10.6. The van der Waals surface area contributed by atoms with Crippen LogP contribution in [-0.4, -0.2) is 47.9 Å². The Kier molecular flexibility index (Phi) is 3.38. The Balaban J connectivity index is 1.91. The molecule has 2 aliphatic rings. The van der Waals surface area contributed by atoms with Gasteiger partial charge in [0.15, 0.2) is 0 Å². The summed E-state index contributed by atoms with van der Waals surface area (Å²) in [5.74, 6) is 0.164. The van der Waals surface area contributed by atoms with Crippen molar-refractivity contribution in [2.45, 2.75) is 44.7 Å². The van der Waals surface area contributed by atoms with Gasteiger partial charge in [0.25, 0.3) is 0 Å². The maximum absolute atomic E-state index is 12.4. The van der Waals surface area contributed by atoms with Crippen LogP contribution in [0.5, 0.6) is 0 Å². The van der Waals surface area contributed by atoms with E-state index in [9.17, 15) is 9.59 Å². The number of carbonyl (C=O) groups is 2. The molecular formula is C12H21N3O2. The molecule has 2 fully saturated rings. The van der Waals surface area contributed by atoms with Crippen LogP contribution >= 0.6 is 0 Å². The van der Waals surface area contributed by atoms with E-state index in [1.54, 1.807) is 0 Å².